The number of nitrogens with zero attached hydrogens (tertiary/aromatic N) is 1. The molecule has 0 aliphatic heterocycles. The van der Waals surface area contributed by atoms with E-state index in [1.165, 1.54) is 0 Å². The maximum Gasteiger partial charge on any atom is 0.389 e. The number of halogens is 3. The number of nitriles is 1. The van der Waals surface area contributed by atoms with Crippen molar-refractivity contribution in [2.24, 2.45) is 5.73 Å². The molecular weight excluding hydrogens is 243 g/mol. The fourth-order valence-electron chi connectivity index (χ4n) is 1.47. The molecule has 0 amide bonds. The lowest BCUT2D eigenvalue weighted by molar-refractivity contribution is -0.136. The smallest absolute Gasteiger partial charge is 0.312 e. The van der Waals surface area contributed by atoms with E-state index in [0.717, 1.165) is 5.56 Å². The first-order valence-corrected chi connectivity index (χ1v) is 5.45. The van der Waals surface area contributed by atoms with Crippen LogP contribution >= 0.6 is 0 Å². The van der Waals surface area contributed by atoms with Crippen molar-refractivity contribution in [2.45, 2.75) is 31.2 Å². The Morgan fingerprint density at radius 3 is 2.39 bits per heavy atom. The third kappa shape index (κ3) is 5.17. The van der Waals surface area contributed by atoms with Gasteiger partial charge in [-0.3, -0.25) is 5.32 Å². The zero-order valence-electron chi connectivity index (χ0n) is 9.61. The Hall–Kier alpha value is -1.58. The molecule has 3 nitrogen and oxygen atoms in total. The quantitative estimate of drug-likeness (QED) is 0.796. The highest BCUT2D eigenvalue weighted by molar-refractivity contribution is 5.18. The molecule has 0 bridgehead atoms. The highest BCUT2D eigenvalue weighted by atomic mass is 19.4. The van der Waals surface area contributed by atoms with Crippen molar-refractivity contribution in [3.8, 4) is 6.07 Å². The molecule has 0 radical (unpaired) electrons. The fraction of sp³-hybridized carbons (Fsp3) is 0.417. The zero-order chi connectivity index (χ0) is 13.6. The lowest BCUT2D eigenvalue weighted by Gasteiger charge is -2.18. The van der Waals surface area contributed by atoms with Crippen LogP contribution in [0.15, 0.2) is 30.3 Å². The van der Waals surface area contributed by atoms with Crippen molar-refractivity contribution >= 4 is 0 Å². The summed E-state index contributed by atoms with van der Waals surface area (Å²) in [6, 6.07) is 9.71. The van der Waals surface area contributed by atoms with E-state index >= 15 is 0 Å². The topological polar surface area (TPSA) is 61.8 Å². The number of nitrogens with two attached hydrogens (primary N) is 1. The molecule has 0 spiro atoms. The van der Waals surface area contributed by atoms with Crippen LogP contribution in [-0.4, -0.2) is 12.2 Å². The number of nitrogens with one attached hydrogen (secondary N) is 1. The predicted octanol–water partition coefficient (Wildman–Crippen LogP) is 2.47. The molecule has 98 valence electrons. The fourth-order valence-corrected chi connectivity index (χ4v) is 1.47. The van der Waals surface area contributed by atoms with E-state index in [9.17, 15) is 13.2 Å². The summed E-state index contributed by atoms with van der Waals surface area (Å²) in [7, 11) is 0. The third-order valence-corrected chi connectivity index (χ3v) is 2.41. The maximum absolute atomic E-state index is 12.0. The minimum Gasteiger partial charge on any atom is -0.312 e. The Morgan fingerprint density at radius 1 is 1.28 bits per heavy atom. The van der Waals surface area contributed by atoms with Crippen LogP contribution in [0.2, 0.25) is 0 Å². The summed E-state index contributed by atoms with van der Waals surface area (Å²) in [4.78, 5) is 0. The first-order chi connectivity index (χ1) is 8.42. The van der Waals surface area contributed by atoms with E-state index in [4.69, 9.17) is 11.0 Å². The SMILES string of the molecule is N#CC(CCC(F)(F)F)N[C@H](N)c1ccccc1. The van der Waals surface area contributed by atoms with Gasteiger partial charge < -0.3 is 5.73 Å². The van der Waals surface area contributed by atoms with Crippen LogP contribution in [0.5, 0.6) is 0 Å². The normalized spacial score (nSPS) is 14.8. The van der Waals surface area contributed by atoms with Gasteiger partial charge in [-0.2, -0.15) is 18.4 Å². The van der Waals surface area contributed by atoms with Gasteiger partial charge >= 0.3 is 6.18 Å². The summed E-state index contributed by atoms with van der Waals surface area (Å²) in [6.07, 6.45) is -6.21. The van der Waals surface area contributed by atoms with Gasteiger partial charge in [0, 0.05) is 6.42 Å². The van der Waals surface area contributed by atoms with E-state index in [-0.39, 0.29) is 6.42 Å². The van der Waals surface area contributed by atoms with Crippen molar-refractivity contribution < 1.29 is 13.2 Å². The molecule has 18 heavy (non-hydrogen) atoms. The van der Waals surface area contributed by atoms with Crippen molar-refractivity contribution in [1.82, 2.24) is 5.32 Å². The Labute approximate surface area is 103 Å². The van der Waals surface area contributed by atoms with Crippen LogP contribution in [0.3, 0.4) is 0 Å². The van der Waals surface area contributed by atoms with E-state index in [0.29, 0.717) is 0 Å². The van der Waals surface area contributed by atoms with Gasteiger partial charge in [0.1, 0.15) is 0 Å². The Morgan fingerprint density at radius 2 is 1.89 bits per heavy atom. The number of rotatable bonds is 5. The average molecular weight is 257 g/mol. The van der Waals surface area contributed by atoms with E-state index in [1.807, 2.05) is 6.07 Å². The molecule has 0 aliphatic carbocycles. The Bertz CT molecular complexity index is 397. The highest BCUT2D eigenvalue weighted by Crippen LogP contribution is 2.22. The summed E-state index contributed by atoms with van der Waals surface area (Å²) in [5.74, 6) is 0. The predicted molar refractivity (Wildman–Crippen MR) is 61.2 cm³/mol. The molecule has 0 fully saturated rings. The second-order valence-electron chi connectivity index (χ2n) is 3.89. The largest absolute Gasteiger partial charge is 0.389 e. The molecular formula is C12H14F3N3. The van der Waals surface area contributed by atoms with Crippen LogP contribution in [0.1, 0.15) is 24.6 Å². The Kier molecular flexibility index (Phi) is 5.13. The van der Waals surface area contributed by atoms with E-state index in [1.54, 1.807) is 30.3 Å². The molecule has 0 aromatic heterocycles. The minimum atomic E-state index is -4.26. The molecule has 1 aromatic rings. The lowest BCUT2D eigenvalue weighted by atomic mass is 10.1. The number of hydrogen-bond acceptors (Lipinski definition) is 3. The summed E-state index contributed by atoms with van der Waals surface area (Å²) >= 11 is 0. The summed E-state index contributed by atoms with van der Waals surface area (Å²) in [6.45, 7) is 0. The molecule has 0 aliphatic rings. The van der Waals surface area contributed by atoms with Crippen LogP contribution in [0.25, 0.3) is 0 Å². The van der Waals surface area contributed by atoms with Crippen LogP contribution in [0, 0.1) is 11.3 Å². The number of benzene rings is 1. The number of hydrogen-bond donors (Lipinski definition) is 2. The lowest BCUT2D eigenvalue weighted by Crippen LogP contribution is -2.37. The van der Waals surface area contributed by atoms with E-state index < -0.39 is 24.8 Å². The van der Waals surface area contributed by atoms with Crippen molar-refractivity contribution in [3.63, 3.8) is 0 Å². The van der Waals surface area contributed by atoms with Gasteiger partial charge in [-0.25, -0.2) is 0 Å². The van der Waals surface area contributed by atoms with Gasteiger partial charge in [0.25, 0.3) is 0 Å². The summed E-state index contributed by atoms with van der Waals surface area (Å²) in [5.41, 5.74) is 6.49. The Balaban J connectivity index is 2.51. The maximum atomic E-state index is 12.0. The molecule has 6 heteroatoms. The molecule has 0 heterocycles. The monoisotopic (exact) mass is 257 g/mol. The third-order valence-electron chi connectivity index (χ3n) is 2.41. The molecule has 3 N–H and O–H groups in total. The first kappa shape index (κ1) is 14.5. The first-order valence-electron chi connectivity index (χ1n) is 5.45. The van der Waals surface area contributed by atoms with Gasteiger partial charge in [-0.1, -0.05) is 30.3 Å². The zero-order valence-corrected chi connectivity index (χ0v) is 9.61. The van der Waals surface area contributed by atoms with Gasteiger partial charge in [0.05, 0.1) is 18.3 Å². The van der Waals surface area contributed by atoms with Crippen molar-refractivity contribution in [2.75, 3.05) is 0 Å². The highest BCUT2D eigenvalue weighted by Gasteiger charge is 2.28. The molecule has 1 aromatic carbocycles. The van der Waals surface area contributed by atoms with Gasteiger partial charge in [0.15, 0.2) is 0 Å². The van der Waals surface area contributed by atoms with E-state index in [2.05, 4.69) is 5.32 Å². The van der Waals surface area contributed by atoms with Gasteiger partial charge in [-0.15, -0.1) is 0 Å². The van der Waals surface area contributed by atoms with Crippen molar-refractivity contribution in [1.29, 1.82) is 5.26 Å². The molecule has 1 rings (SSSR count). The standard InChI is InChI=1S/C12H14F3N3/c13-12(14,15)7-6-10(8-16)18-11(17)9-4-2-1-3-5-9/h1-5,10-11,18H,6-7,17H2/t10?,11-/m0/s1. The minimum absolute atomic E-state index is 0.305. The molecule has 0 saturated heterocycles. The molecule has 1 unspecified atom stereocenters. The molecule has 2 atom stereocenters. The molecule has 0 saturated carbocycles. The van der Waals surface area contributed by atoms with Gasteiger partial charge in [-0.05, 0) is 12.0 Å². The van der Waals surface area contributed by atoms with Crippen molar-refractivity contribution in [3.05, 3.63) is 35.9 Å². The van der Waals surface area contributed by atoms with Crippen LogP contribution in [-0.2, 0) is 0 Å². The van der Waals surface area contributed by atoms with Crippen LogP contribution in [0.4, 0.5) is 13.2 Å². The van der Waals surface area contributed by atoms with Gasteiger partial charge in [0.2, 0.25) is 0 Å². The number of alkyl halides is 3. The second kappa shape index (κ2) is 6.38. The summed E-state index contributed by atoms with van der Waals surface area (Å²) in [5, 5.41) is 11.5. The summed E-state index contributed by atoms with van der Waals surface area (Å²) < 4.78 is 36.1. The second-order valence-corrected chi connectivity index (χ2v) is 3.89. The average Bonchev–Trinajstić information content (AvgIpc) is 2.34. The van der Waals surface area contributed by atoms with Crippen LogP contribution < -0.4 is 11.1 Å².